The van der Waals surface area contributed by atoms with Crippen LogP contribution >= 0.6 is 23.4 Å². The molecule has 0 unspecified atom stereocenters. The lowest BCUT2D eigenvalue weighted by atomic mass is 10.1. The first-order chi connectivity index (χ1) is 19.0. The maximum absolute atomic E-state index is 13.3. The van der Waals surface area contributed by atoms with Crippen molar-refractivity contribution in [2.75, 3.05) is 6.79 Å². The summed E-state index contributed by atoms with van der Waals surface area (Å²) in [6.07, 6.45) is 3.86. The monoisotopic (exact) mass is 552 g/mol. The zero-order chi connectivity index (χ0) is 26.5. The van der Waals surface area contributed by atoms with Crippen LogP contribution < -0.4 is 9.47 Å². The standard InChI is InChI=1S/C31H21ClN2O4S/c32-25-14-28-27(37-18-38-28)12-23(25)17-34-30(35)29(39-31(34)36)13-22-16-33(26-8-4-3-7-24(22)26)15-19-9-10-20-5-1-2-6-21(20)11-19/h1-14,16H,15,17-18H2/b29-13-. The van der Waals surface area contributed by atoms with Crippen molar-refractivity contribution >= 4 is 62.3 Å². The van der Waals surface area contributed by atoms with Gasteiger partial charge in [0.1, 0.15) is 0 Å². The fourth-order valence-electron chi connectivity index (χ4n) is 5.08. The van der Waals surface area contributed by atoms with E-state index < -0.39 is 0 Å². The van der Waals surface area contributed by atoms with Crippen molar-refractivity contribution in [1.29, 1.82) is 0 Å². The number of hydrogen-bond donors (Lipinski definition) is 0. The van der Waals surface area contributed by atoms with E-state index in [2.05, 4.69) is 41.0 Å². The summed E-state index contributed by atoms with van der Waals surface area (Å²) in [7, 11) is 0. The largest absolute Gasteiger partial charge is 0.454 e. The van der Waals surface area contributed by atoms with Crippen LogP contribution in [0.5, 0.6) is 11.5 Å². The van der Waals surface area contributed by atoms with Crippen molar-refractivity contribution in [1.82, 2.24) is 9.47 Å². The molecule has 192 valence electrons. The number of carbonyl (C=O) groups is 2. The maximum Gasteiger partial charge on any atom is 0.293 e. The van der Waals surface area contributed by atoms with E-state index in [4.69, 9.17) is 21.1 Å². The summed E-state index contributed by atoms with van der Waals surface area (Å²) in [6, 6.07) is 26.3. The molecule has 4 aromatic carbocycles. The van der Waals surface area contributed by atoms with Crippen LogP contribution in [0.1, 0.15) is 16.7 Å². The quantitative estimate of drug-likeness (QED) is 0.212. The smallest absolute Gasteiger partial charge is 0.293 e. The second-order valence-corrected chi connectivity index (χ2v) is 10.9. The normalized spacial score (nSPS) is 15.8. The molecule has 6 nitrogen and oxygen atoms in total. The second-order valence-electron chi connectivity index (χ2n) is 9.48. The lowest BCUT2D eigenvalue weighted by Gasteiger charge is -2.14. The van der Waals surface area contributed by atoms with Gasteiger partial charge < -0.3 is 14.0 Å². The number of benzene rings is 4. The number of ether oxygens (including phenoxy) is 2. The average molecular weight is 553 g/mol. The van der Waals surface area contributed by atoms with Gasteiger partial charge in [-0.2, -0.15) is 0 Å². The van der Waals surface area contributed by atoms with Crippen molar-refractivity contribution in [2.24, 2.45) is 0 Å². The minimum Gasteiger partial charge on any atom is -0.454 e. The van der Waals surface area contributed by atoms with Crippen LogP contribution in [-0.4, -0.2) is 27.4 Å². The Bertz CT molecular complexity index is 1840. The molecule has 0 aliphatic carbocycles. The van der Waals surface area contributed by atoms with E-state index in [1.165, 1.54) is 21.2 Å². The Balaban J connectivity index is 1.19. The van der Waals surface area contributed by atoms with Crippen LogP contribution in [0.15, 0.2) is 90.0 Å². The number of nitrogens with zero attached hydrogens (tertiary/aromatic N) is 2. The summed E-state index contributed by atoms with van der Waals surface area (Å²) in [5, 5.41) is 3.50. The van der Waals surface area contributed by atoms with E-state index in [-0.39, 0.29) is 24.5 Å². The third kappa shape index (κ3) is 4.33. The van der Waals surface area contributed by atoms with Crippen LogP contribution in [0.3, 0.4) is 0 Å². The molecule has 8 heteroatoms. The molecule has 0 radical (unpaired) electrons. The van der Waals surface area contributed by atoms with Crippen LogP contribution in [-0.2, 0) is 17.9 Å². The van der Waals surface area contributed by atoms with Gasteiger partial charge in [0.15, 0.2) is 11.5 Å². The predicted molar refractivity (Wildman–Crippen MR) is 154 cm³/mol. The minimum atomic E-state index is -0.343. The number of imide groups is 1. The molecule has 2 amide bonds. The summed E-state index contributed by atoms with van der Waals surface area (Å²) >= 11 is 7.35. The van der Waals surface area contributed by atoms with Crippen LogP contribution in [0.25, 0.3) is 27.8 Å². The Morgan fingerprint density at radius 3 is 2.51 bits per heavy atom. The third-order valence-electron chi connectivity index (χ3n) is 7.02. The number of aromatic nitrogens is 1. The average Bonchev–Trinajstić information content (AvgIpc) is 3.61. The number of para-hydroxylation sites is 1. The molecule has 1 saturated heterocycles. The highest BCUT2D eigenvalue weighted by atomic mass is 35.5. The van der Waals surface area contributed by atoms with Gasteiger partial charge in [-0.25, -0.2) is 0 Å². The lowest BCUT2D eigenvalue weighted by Crippen LogP contribution is -2.27. The van der Waals surface area contributed by atoms with Crippen molar-refractivity contribution in [2.45, 2.75) is 13.1 Å². The molecule has 2 aliphatic heterocycles. The van der Waals surface area contributed by atoms with Gasteiger partial charge in [-0.1, -0.05) is 66.2 Å². The van der Waals surface area contributed by atoms with Gasteiger partial charge in [0.25, 0.3) is 11.1 Å². The number of halogens is 1. The molecule has 39 heavy (non-hydrogen) atoms. The number of thioether (sulfide) groups is 1. The van der Waals surface area contributed by atoms with Gasteiger partial charge in [-0.05, 0) is 57.9 Å². The number of rotatable bonds is 5. The molecular formula is C31H21ClN2O4S. The van der Waals surface area contributed by atoms with Crippen molar-refractivity contribution in [3.8, 4) is 11.5 Å². The number of hydrogen-bond acceptors (Lipinski definition) is 5. The molecule has 3 heterocycles. The van der Waals surface area contributed by atoms with Crippen LogP contribution in [0.2, 0.25) is 5.02 Å². The third-order valence-corrected chi connectivity index (χ3v) is 8.28. The summed E-state index contributed by atoms with van der Waals surface area (Å²) in [5.74, 6) is 0.763. The fourth-order valence-corrected chi connectivity index (χ4v) is 6.13. The molecule has 1 aromatic heterocycles. The van der Waals surface area contributed by atoms with E-state index in [0.717, 1.165) is 28.2 Å². The van der Waals surface area contributed by atoms with Crippen molar-refractivity contribution in [3.05, 3.63) is 112 Å². The van der Waals surface area contributed by atoms with E-state index >= 15 is 0 Å². The molecule has 0 spiro atoms. The number of fused-ring (bicyclic) bond motifs is 3. The molecule has 1 fully saturated rings. The Morgan fingerprint density at radius 1 is 0.872 bits per heavy atom. The molecule has 0 N–H and O–H groups in total. The van der Waals surface area contributed by atoms with Crippen molar-refractivity contribution in [3.63, 3.8) is 0 Å². The van der Waals surface area contributed by atoms with Gasteiger partial charge >= 0.3 is 0 Å². The Hall–Kier alpha value is -4.20. The predicted octanol–water partition coefficient (Wildman–Crippen LogP) is 7.46. The van der Waals surface area contributed by atoms with Gasteiger partial charge in [0.2, 0.25) is 6.79 Å². The highest BCUT2D eigenvalue weighted by molar-refractivity contribution is 8.18. The van der Waals surface area contributed by atoms with E-state index in [1.807, 2.05) is 42.6 Å². The topological polar surface area (TPSA) is 60.8 Å². The van der Waals surface area contributed by atoms with Crippen LogP contribution in [0, 0.1) is 0 Å². The molecule has 2 aliphatic rings. The fraction of sp³-hybridized carbons (Fsp3) is 0.0968. The van der Waals surface area contributed by atoms with Gasteiger partial charge in [0.05, 0.1) is 11.4 Å². The summed E-state index contributed by atoms with van der Waals surface area (Å²) in [4.78, 5) is 27.8. The molecular weight excluding hydrogens is 532 g/mol. The van der Waals surface area contributed by atoms with E-state index in [9.17, 15) is 9.59 Å². The SMILES string of the molecule is O=C1S/C(=C\c2cn(Cc3ccc4ccccc4c3)c3ccccc23)C(=O)N1Cc1cc2c(cc1Cl)OCO2. The maximum atomic E-state index is 13.3. The first-order valence-electron chi connectivity index (χ1n) is 12.4. The zero-order valence-electron chi connectivity index (χ0n) is 20.6. The highest BCUT2D eigenvalue weighted by Gasteiger charge is 2.36. The summed E-state index contributed by atoms with van der Waals surface area (Å²) < 4.78 is 13.0. The first kappa shape index (κ1) is 23.9. The van der Waals surface area contributed by atoms with Gasteiger partial charge in [-0.15, -0.1) is 0 Å². The molecule has 0 saturated carbocycles. The van der Waals surface area contributed by atoms with E-state index in [0.29, 0.717) is 33.5 Å². The van der Waals surface area contributed by atoms with Gasteiger partial charge in [0, 0.05) is 40.3 Å². The molecule has 7 rings (SSSR count). The van der Waals surface area contributed by atoms with E-state index in [1.54, 1.807) is 12.1 Å². The Kier molecular flexibility index (Phi) is 5.83. The molecule has 0 atom stereocenters. The zero-order valence-corrected chi connectivity index (χ0v) is 22.2. The molecule has 0 bridgehead atoms. The Morgan fingerprint density at radius 2 is 1.64 bits per heavy atom. The van der Waals surface area contributed by atoms with Crippen molar-refractivity contribution < 1.29 is 19.1 Å². The minimum absolute atomic E-state index is 0.0567. The summed E-state index contributed by atoms with van der Waals surface area (Å²) in [6.45, 7) is 0.860. The second kappa shape index (κ2) is 9.52. The summed E-state index contributed by atoms with van der Waals surface area (Å²) in [5.41, 5.74) is 3.75. The highest BCUT2D eigenvalue weighted by Crippen LogP contribution is 2.40. The Labute approximate surface area is 233 Å². The number of carbonyl (C=O) groups excluding carboxylic acids is 2. The molecule has 5 aromatic rings. The number of amides is 2. The lowest BCUT2D eigenvalue weighted by molar-refractivity contribution is -0.123. The van der Waals surface area contributed by atoms with Gasteiger partial charge in [-0.3, -0.25) is 14.5 Å². The first-order valence-corrected chi connectivity index (χ1v) is 13.6. The van der Waals surface area contributed by atoms with Crippen LogP contribution in [0.4, 0.5) is 4.79 Å².